The van der Waals surface area contributed by atoms with E-state index in [1.54, 1.807) is 6.92 Å². The quantitative estimate of drug-likeness (QED) is 0.267. The molecule has 45 heavy (non-hydrogen) atoms. The second-order valence-electron chi connectivity index (χ2n) is 12.3. The number of aliphatic hydroxyl groups excluding tert-OH is 5. The molecule has 8 atom stereocenters. The monoisotopic (exact) mass is 626 g/mol. The number of ether oxygens (including phenoxy) is 4. The molecule has 1 aromatic carbocycles. The standard InChI is InChI=1S/C32H34O13/c1-12-9-20(35)17-11-16-18(33)7-5-14(25(16)44-31(17,27(12)38)29(40)42-3)15-6-8-19(34)22-24(37)23-21(36)10-13(2)28(39)32(23,30(41)43-4)45-26(15)22/h5-8,12-13,16,25,27-28,33-35,37-39H,9-11H2,1-4H3/t12-,13+,16+,25-,27+,28-,31+,32-/m0/s1. The van der Waals surface area contributed by atoms with Gasteiger partial charge < -0.3 is 49.6 Å². The Morgan fingerprint density at radius 2 is 1.51 bits per heavy atom. The molecule has 0 radical (unpaired) electrons. The van der Waals surface area contributed by atoms with Gasteiger partial charge in [0.2, 0.25) is 5.60 Å². The van der Waals surface area contributed by atoms with Crippen molar-refractivity contribution in [3.63, 3.8) is 0 Å². The fraction of sp³-hybridized carbons (Fsp3) is 0.469. The Kier molecular flexibility index (Phi) is 7.06. The van der Waals surface area contributed by atoms with Crippen LogP contribution in [0.2, 0.25) is 0 Å². The van der Waals surface area contributed by atoms with Crippen LogP contribution in [0, 0.1) is 17.8 Å². The van der Waals surface area contributed by atoms with Gasteiger partial charge in [-0.05, 0) is 42.0 Å². The highest BCUT2D eigenvalue weighted by molar-refractivity contribution is 6.12. The van der Waals surface area contributed by atoms with Crippen LogP contribution in [0.15, 0.2) is 46.9 Å². The van der Waals surface area contributed by atoms with Crippen LogP contribution >= 0.6 is 0 Å². The number of phenols is 1. The molecule has 0 spiro atoms. The van der Waals surface area contributed by atoms with Crippen LogP contribution in [0.25, 0.3) is 11.3 Å². The predicted octanol–water partition coefficient (Wildman–Crippen LogP) is 2.30. The summed E-state index contributed by atoms with van der Waals surface area (Å²) in [5.74, 6) is -7.03. The van der Waals surface area contributed by atoms with E-state index in [0.29, 0.717) is 0 Å². The third-order valence-electron chi connectivity index (χ3n) is 9.76. The second kappa shape index (κ2) is 10.4. The van der Waals surface area contributed by atoms with E-state index in [2.05, 4.69) is 0 Å². The predicted molar refractivity (Wildman–Crippen MR) is 154 cm³/mol. The molecule has 6 N–H and O–H groups in total. The Bertz CT molecular complexity index is 1650. The summed E-state index contributed by atoms with van der Waals surface area (Å²) < 4.78 is 22.7. The zero-order valence-corrected chi connectivity index (χ0v) is 24.9. The first-order valence-electron chi connectivity index (χ1n) is 14.5. The molecule has 6 rings (SSSR count). The largest absolute Gasteiger partial charge is 0.512 e. The molecule has 13 heteroatoms. The van der Waals surface area contributed by atoms with Crippen molar-refractivity contribution in [1.29, 1.82) is 0 Å². The van der Waals surface area contributed by atoms with Crippen molar-refractivity contribution in [2.45, 2.75) is 62.6 Å². The Balaban J connectivity index is 1.57. The number of carbonyl (C=O) groups excluding carboxylic acids is 3. The number of fused-ring (bicyclic) bond motifs is 4. The van der Waals surface area contributed by atoms with E-state index in [1.165, 1.54) is 31.2 Å². The highest BCUT2D eigenvalue weighted by Gasteiger charge is 2.65. The van der Waals surface area contributed by atoms with E-state index in [9.17, 15) is 45.0 Å². The van der Waals surface area contributed by atoms with E-state index in [1.807, 2.05) is 0 Å². The maximum Gasteiger partial charge on any atom is 0.358 e. The van der Waals surface area contributed by atoms with Gasteiger partial charge in [-0.15, -0.1) is 0 Å². The molecule has 1 saturated heterocycles. The molecule has 13 nitrogen and oxygen atoms in total. The van der Waals surface area contributed by atoms with Gasteiger partial charge in [0.15, 0.2) is 5.78 Å². The fourth-order valence-electron chi connectivity index (χ4n) is 7.49. The third-order valence-corrected chi connectivity index (χ3v) is 9.76. The van der Waals surface area contributed by atoms with Crippen molar-refractivity contribution < 1.29 is 64.0 Å². The van der Waals surface area contributed by atoms with E-state index in [-0.39, 0.29) is 58.8 Å². The summed E-state index contributed by atoms with van der Waals surface area (Å²) >= 11 is 0. The van der Waals surface area contributed by atoms with E-state index >= 15 is 0 Å². The molecule has 0 bridgehead atoms. The molecular weight excluding hydrogens is 592 g/mol. The van der Waals surface area contributed by atoms with E-state index in [0.717, 1.165) is 14.2 Å². The summed E-state index contributed by atoms with van der Waals surface area (Å²) in [4.78, 5) is 40.0. The number of allylic oxidation sites excluding steroid dienone is 3. The summed E-state index contributed by atoms with van der Waals surface area (Å²) in [5, 5.41) is 67.0. The van der Waals surface area contributed by atoms with Crippen molar-refractivity contribution in [3.05, 3.63) is 58.1 Å². The number of ketones is 1. The minimum Gasteiger partial charge on any atom is -0.512 e. The fourth-order valence-corrected chi connectivity index (χ4v) is 7.49. The molecule has 5 aliphatic rings. The third kappa shape index (κ3) is 3.93. The lowest BCUT2D eigenvalue weighted by atomic mass is 9.66. The number of hydrogen-bond donors (Lipinski definition) is 6. The number of phenolic OH excluding ortho intramolecular Hbond substituents is 1. The first-order valence-corrected chi connectivity index (χ1v) is 14.5. The number of esters is 2. The van der Waals surface area contributed by atoms with Crippen LogP contribution in [0.4, 0.5) is 0 Å². The normalized spacial score (nSPS) is 35.6. The average molecular weight is 627 g/mol. The topological polar surface area (TPSA) is 210 Å². The number of benzene rings is 1. The second-order valence-corrected chi connectivity index (χ2v) is 12.3. The molecule has 0 unspecified atom stereocenters. The van der Waals surface area contributed by atoms with Gasteiger partial charge in [0, 0.05) is 24.0 Å². The molecule has 0 aromatic heterocycles. The minimum atomic E-state index is -2.49. The number of aliphatic hydroxyl groups is 5. The van der Waals surface area contributed by atoms with Crippen molar-refractivity contribution in [2.75, 3.05) is 14.2 Å². The summed E-state index contributed by atoms with van der Waals surface area (Å²) in [6.45, 7) is 3.16. The number of methoxy groups -OCH3 is 2. The van der Waals surface area contributed by atoms with Gasteiger partial charge in [0.1, 0.15) is 35.0 Å². The van der Waals surface area contributed by atoms with Crippen LogP contribution in [-0.2, 0) is 28.6 Å². The highest BCUT2D eigenvalue weighted by Crippen LogP contribution is 2.56. The number of hydrogen-bond acceptors (Lipinski definition) is 13. The van der Waals surface area contributed by atoms with Crippen molar-refractivity contribution in [2.24, 2.45) is 17.8 Å². The average Bonchev–Trinajstić information content (AvgIpc) is 3.01. The maximum absolute atomic E-state index is 13.4. The summed E-state index contributed by atoms with van der Waals surface area (Å²) in [6.07, 6.45) is -1.76. The maximum atomic E-state index is 13.4. The Labute approximate surface area is 257 Å². The molecular formula is C32H34O13. The van der Waals surface area contributed by atoms with Crippen molar-refractivity contribution in [1.82, 2.24) is 0 Å². The van der Waals surface area contributed by atoms with Gasteiger partial charge in [0.05, 0.1) is 43.3 Å². The first kappa shape index (κ1) is 30.7. The lowest BCUT2D eigenvalue weighted by Crippen LogP contribution is -2.64. The van der Waals surface area contributed by atoms with Crippen LogP contribution in [0.3, 0.4) is 0 Å². The molecule has 3 aliphatic carbocycles. The molecule has 2 heterocycles. The number of carbonyl (C=O) groups is 3. The van der Waals surface area contributed by atoms with Crippen LogP contribution < -0.4 is 4.74 Å². The molecule has 240 valence electrons. The van der Waals surface area contributed by atoms with Gasteiger partial charge in [0.25, 0.3) is 5.60 Å². The summed E-state index contributed by atoms with van der Waals surface area (Å²) in [5.41, 5.74) is -5.14. The molecule has 2 fully saturated rings. The highest BCUT2D eigenvalue weighted by atomic mass is 16.6. The molecule has 1 aromatic rings. The molecule has 2 aliphatic heterocycles. The Morgan fingerprint density at radius 3 is 2.18 bits per heavy atom. The molecule has 0 amide bonds. The SMILES string of the molecule is COC(=O)[C@@]12O[C@H]3C(c4ccc(O)c5c4O[C@@]4(C(=O)OC)C(=C5O)C(=O)C[C@@H](C)[C@@H]4O)=CC=C(O)[C@H]3CC1=C(O)C[C@H](C)[C@H]2O. The number of rotatable bonds is 3. The van der Waals surface area contributed by atoms with Gasteiger partial charge in [-0.3, -0.25) is 4.79 Å². The van der Waals surface area contributed by atoms with Crippen molar-refractivity contribution >= 4 is 29.1 Å². The lowest BCUT2D eigenvalue weighted by Gasteiger charge is -2.51. The number of aromatic hydroxyl groups is 1. The van der Waals surface area contributed by atoms with Gasteiger partial charge in [-0.25, -0.2) is 9.59 Å². The minimum absolute atomic E-state index is 0.0610. The van der Waals surface area contributed by atoms with Gasteiger partial charge >= 0.3 is 11.9 Å². The van der Waals surface area contributed by atoms with E-state index in [4.69, 9.17) is 18.9 Å². The Morgan fingerprint density at radius 1 is 0.889 bits per heavy atom. The van der Waals surface area contributed by atoms with Crippen LogP contribution in [0.1, 0.15) is 44.2 Å². The van der Waals surface area contributed by atoms with Gasteiger partial charge in [-0.2, -0.15) is 0 Å². The van der Waals surface area contributed by atoms with E-state index < -0.39 is 82.1 Å². The summed E-state index contributed by atoms with van der Waals surface area (Å²) in [7, 11) is 2.15. The Hall–Kier alpha value is -4.33. The van der Waals surface area contributed by atoms with Crippen LogP contribution in [-0.4, -0.2) is 92.1 Å². The zero-order chi connectivity index (χ0) is 32.7. The smallest absolute Gasteiger partial charge is 0.358 e. The van der Waals surface area contributed by atoms with Gasteiger partial charge in [-0.1, -0.05) is 19.9 Å². The number of Topliss-reactive ketones (excluding diaryl/α,β-unsaturated/α-hetero) is 1. The first-order chi connectivity index (χ1) is 21.3. The zero-order valence-electron chi connectivity index (χ0n) is 24.9. The summed E-state index contributed by atoms with van der Waals surface area (Å²) in [6, 6.07) is 2.60. The van der Waals surface area contributed by atoms with Crippen molar-refractivity contribution in [3.8, 4) is 11.5 Å². The molecule has 1 saturated carbocycles. The lowest BCUT2D eigenvalue weighted by molar-refractivity contribution is -0.204. The van der Waals surface area contributed by atoms with Crippen LogP contribution in [0.5, 0.6) is 11.5 Å².